The van der Waals surface area contributed by atoms with Crippen LogP contribution in [-0.4, -0.2) is 28.6 Å². The number of aliphatic hydroxyl groups excluding tert-OH is 1. The molecule has 0 aromatic carbocycles. The van der Waals surface area contributed by atoms with Gasteiger partial charge in [0.25, 0.3) is 0 Å². The molecule has 0 aromatic heterocycles. The number of carbonyl (C=O) groups excluding carboxylic acids is 1. The van der Waals surface area contributed by atoms with Crippen molar-refractivity contribution in [3.63, 3.8) is 0 Å². The Bertz CT molecular complexity index is 667. The van der Waals surface area contributed by atoms with Gasteiger partial charge in [-0.05, 0) is 86.0 Å². The Hall–Kier alpha value is -1.16. The summed E-state index contributed by atoms with van der Waals surface area (Å²) in [5.41, 5.74) is 0.502. The van der Waals surface area contributed by atoms with Crippen molar-refractivity contribution in [2.45, 2.75) is 71.6 Å². The third-order valence-corrected chi connectivity index (χ3v) is 9.27. The number of hydrogen-bond donors (Lipinski definition) is 2. The van der Waals surface area contributed by atoms with Gasteiger partial charge in [-0.2, -0.15) is 0 Å². The fraction of sp³-hybridized carbons (Fsp3) is 0.818. The van der Waals surface area contributed by atoms with E-state index in [0.717, 1.165) is 38.5 Å². The highest BCUT2D eigenvalue weighted by Crippen LogP contribution is 2.70. The fourth-order valence-electron chi connectivity index (χ4n) is 7.75. The number of carboxylic acids is 1. The van der Waals surface area contributed by atoms with Crippen LogP contribution in [-0.2, 0) is 9.59 Å². The summed E-state index contributed by atoms with van der Waals surface area (Å²) in [5, 5.41) is 19.7. The van der Waals surface area contributed by atoms with E-state index in [1.54, 1.807) is 0 Å². The van der Waals surface area contributed by atoms with Crippen LogP contribution in [0.4, 0.5) is 0 Å². The summed E-state index contributed by atoms with van der Waals surface area (Å²) in [6, 6.07) is 0. The summed E-state index contributed by atoms with van der Waals surface area (Å²) >= 11 is 0. The van der Waals surface area contributed by atoms with E-state index in [1.807, 2.05) is 6.08 Å². The van der Waals surface area contributed by atoms with Crippen LogP contribution in [0.3, 0.4) is 0 Å². The molecule has 4 nitrogen and oxygen atoms in total. The molecule has 4 aliphatic rings. The molecule has 0 aliphatic heterocycles. The summed E-state index contributed by atoms with van der Waals surface area (Å²) in [6.07, 6.45) is 9.67. The molecule has 6 atom stereocenters. The number of hydrogen-bond acceptors (Lipinski definition) is 3. The quantitative estimate of drug-likeness (QED) is 0.798. The first-order chi connectivity index (χ1) is 12.3. The van der Waals surface area contributed by atoms with Crippen molar-refractivity contribution in [2.75, 3.05) is 6.61 Å². The third-order valence-electron chi connectivity index (χ3n) is 9.27. The molecule has 144 valence electrons. The van der Waals surface area contributed by atoms with E-state index in [4.69, 9.17) is 0 Å². The lowest BCUT2D eigenvalue weighted by molar-refractivity contribution is -0.165. The minimum Gasteiger partial charge on any atom is -0.481 e. The van der Waals surface area contributed by atoms with Gasteiger partial charge in [0.15, 0.2) is 5.78 Å². The predicted octanol–water partition coefficient (Wildman–Crippen LogP) is 3.97. The molecule has 0 bridgehead atoms. The number of fused-ring (bicyclic) bond motifs is 5. The first kappa shape index (κ1) is 18.2. The second kappa shape index (κ2) is 5.92. The zero-order chi connectivity index (χ0) is 18.7. The van der Waals surface area contributed by atoms with Crippen LogP contribution in [0.25, 0.3) is 0 Å². The van der Waals surface area contributed by atoms with Gasteiger partial charge in [-0.15, -0.1) is 0 Å². The van der Waals surface area contributed by atoms with Crippen LogP contribution in [0, 0.1) is 34.0 Å². The first-order valence-corrected chi connectivity index (χ1v) is 10.4. The van der Waals surface area contributed by atoms with Crippen molar-refractivity contribution in [1.82, 2.24) is 0 Å². The average Bonchev–Trinajstić information content (AvgIpc) is 2.90. The number of carbonyl (C=O) groups is 2. The number of rotatable bonds is 3. The molecule has 0 heterocycles. The minimum absolute atomic E-state index is 0.0462. The van der Waals surface area contributed by atoms with Gasteiger partial charge < -0.3 is 10.2 Å². The van der Waals surface area contributed by atoms with Crippen LogP contribution < -0.4 is 0 Å². The van der Waals surface area contributed by atoms with Gasteiger partial charge >= 0.3 is 5.97 Å². The van der Waals surface area contributed by atoms with E-state index in [2.05, 4.69) is 13.8 Å². The standard InChI is InChI=1S/C22H32O4/c1-20-8-5-15(24)13-14(20)3-4-16-17(20)6-9-21(2)18(16)7-10-22(21,11-12-23)19(25)26/h13,16-18,23H,3-12H2,1-2H3,(H,25,26)/t16-,17+,18+,20+,21+,22-/m1/s1. The lowest BCUT2D eigenvalue weighted by Gasteiger charge is -2.59. The highest BCUT2D eigenvalue weighted by atomic mass is 16.4. The van der Waals surface area contributed by atoms with Gasteiger partial charge in [-0.25, -0.2) is 0 Å². The maximum Gasteiger partial charge on any atom is 0.310 e. The Labute approximate surface area is 156 Å². The number of aliphatic hydroxyl groups is 1. The van der Waals surface area contributed by atoms with Gasteiger partial charge in [-0.3, -0.25) is 9.59 Å². The molecule has 0 saturated heterocycles. The molecule has 26 heavy (non-hydrogen) atoms. The van der Waals surface area contributed by atoms with Crippen molar-refractivity contribution in [3.8, 4) is 0 Å². The Morgan fingerprint density at radius 2 is 1.85 bits per heavy atom. The predicted molar refractivity (Wildman–Crippen MR) is 98.5 cm³/mol. The monoisotopic (exact) mass is 360 g/mol. The Kier molecular flexibility index (Phi) is 4.15. The van der Waals surface area contributed by atoms with Crippen molar-refractivity contribution in [2.24, 2.45) is 34.0 Å². The van der Waals surface area contributed by atoms with E-state index in [-0.39, 0.29) is 23.2 Å². The summed E-state index contributed by atoms with van der Waals surface area (Å²) < 4.78 is 0. The molecule has 3 saturated carbocycles. The Morgan fingerprint density at radius 1 is 1.12 bits per heavy atom. The van der Waals surface area contributed by atoms with Crippen molar-refractivity contribution in [3.05, 3.63) is 11.6 Å². The Balaban J connectivity index is 1.69. The van der Waals surface area contributed by atoms with Crippen LogP contribution in [0.15, 0.2) is 11.6 Å². The lowest BCUT2D eigenvalue weighted by atomic mass is 9.45. The lowest BCUT2D eigenvalue weighted by Crippen LogP contribution is -2.54. The number of allylic oxidation sites excluding steroid dienone is 1. The van der Waals surface area contributed by atoms with E-state index >= 15 is 0 Å². The maximum absolute atomic E-state index is 12.3. The van der Waals surface area contributed by atoms with Gasteiger partial charge in [0.05, 0.1) is 5.41 Å². The SMILES string of the molecule is C[C@]12CCC(=O)C=C1CC[C@@H]1[C@@H]2CC[C@@]2(C)[C@H]1CC[C@@]2(CCO)C(=O)O. The molecular formula is C22H32O4. The van der Waals surface area contributed by atoms with Crippen molar-refractivity contribution in [1.29, 1.82) is 0 Å². The zero-order valence-corrected chi connectivity index (χ0v) is 16.1. The molecule has 0 amide bonds. The number of carboxylic acid groups (broad SMARTS) is 1. The second-order valence-corrected chi connectivity index (χ2v) is 9.82. The molecule has 0 aromatic rings. The van der Waals surface area contributed by atoms with Gasteiger partial charge in [0.1, 0.15) is 0 Å². The van der Waals surface area contributed by atoms with Gasteiger partial charge in [0.2, 0.25) is 0 Å². The van der Waals surface area contributed by atoms with Crippen molar-refractivity contribution < 1.29 is 19.8 Å². The largest absolute Gasteiger partial charge is 0.481 e. The van der Waals surface area contributed by atoms with Gasteiger partial charge in [-0.1, -0.05) is 19.4 Å². The zero-order valence-electron chi connectivity index (χ0n) is 16.1. The van der Waals surface area contributed by atoms with E-state index in [9.17, 15) is 19.8 Å². The first-order valence-electron chi connectivity index (χ1n) is 10.4. The van der Waals surface area contributed by atoms with E-state index in [0.29, 0.717) is 37.0 Å². The van der Waals surface area contributed by atoms with Crippen LogP contribution in [0.2, 0.25) is 0 Å². The summed E-state index contributed by atoms with van der Waals surface area (Å²) in [5.74, 6) is 1.14. The van der Waals surface area contributed by atoms with Crippen LogP contribution in [0.5, 0.6) is 0 Å². The molecular weight excluding hydrogens is 328 g/mol. The minimum atomic E-state index is -0.767. The normalized spacial score (nSPS) is 47.6. The average molecular weight is 360 g/mol. The van der Waals surface area contributed by atoms with E-state index < -0.39 is 11.4 Å². The maximum atomic E-state index is 12.3. The number of aliphatic carboxylic acids is 1. The molecule has 0 spiro atoms. The smallest absolute Gasteiger partial charge is 0.310 e. The summed E-state index contributed by atoms with van der Waals surface area (Å²) in [7, 11) is 0. The molecule has 0 unspecified atom stereocenters. The highest BCUT2D eigenvalue weighted by Gasteiger charge is 2.66. The molecule has 3 fully saturated rings. The summed E-state index contributed by atoms with van der Waals surface area (Å²) in [6.45, 7) is 4.51. The second-order valence-electron chi connectivity index (χ2n) is 9.82. The Morgan fingerprint density at radius 3 is 2.54 bits per heavy atom. The van der Waals surface area contributed by atoms with Crippen molar-refractivity contribution >= 4 is 11.8 Å². The number of ketones is 1. The third kappa shape index (κ3) is 2.17. The molecule has 0 radical (unpaired) electrons. The highest BCUT2D eigenvalue weighted by molar-refractivity contribution is 5.91. The fourth-order valence-corrected chi connectivity index (χ4v) is 7.75. The molecule has 2 N–H and O–H groups in total. The topological polar surface area (TPSA) is 74.6 Å². The molecule has 4 rings (SSSR count). The van der Waals surface area contributed by atoms with Crippen LogP contribution >= 0.6 is 0 Å². The van der Waals surface area contributed by atoms with Gasteiger partial charge in [0, 0.05) is 13.0 Å². The molecule has 4 heteroatoms. The summed E-state index contributed by atoms with van der Waals surface area (Å²) in [4.78, 5) is 24.2. The van der Waals surface area contributed by atoms with E-state index in [1.165, 1.54) is 5.57 Å². The van der Waals surface area contributed by atoms with Crippen LogP contribution in [0.1, 0.15) is 71.6 Å². The molecule has 4 aliphatic carbocycles.